The normalized spacial score (nSPS) is 11.1. The van der Waals surface area contributed by atoms with Gasteiger partial charge in [-0.2, -0.15) is 0 Å². The van der Waals surface area contributed by atoms with E-state index in [1.165, 1.54) is 18.3 Å². The number of hydrogen-bond donors (Lipinski definition) is 2. The van der Waals surface area contributed by atoms with E-state index in [4.69, 9.17) is 0 Å². The molecule has 0 amide bonds. The minimum absolute atomic E-state index is 0.230. The molecule has 2 rings (SSSR count). The van der Waals surface area contributed by atoms with Crippen LogP contribution in [0.4, 0.5) is 11.4 Å². The number of benzene rings is 1. The van der Waals surface area contributed by atoms with Gasteiger partial charge in [0.05, 0.1) is 4.92 Å². The standard InChI is InChI=1S/C11H8BrN3O5S/c12-7-1-2-8(9(5-7)15(17)18)14-21(19,20)11-6-13-4-3-10(11)16/h1-6,14H,(H,13,16). The first-order valence-electron chi connectivity index (χ1n) is 5.45. The summed E-state index contributed by atoms with van der Waals surface area (Å²) in [6.07, 6.45) is 2.29. The van der Waals surface area contributed by atoms with Gasteiger partial charge in [0, 0.05) is 29.0 Å². The number of nitro benzene ring substituents is 1. The Kier molecular flexibility index (Phi) is 4.09. The fourth-order valence-electron chi connectivity index (χ4n) is 1.55. The number of halogens is 1. The number of nitrogens with one attached hydrogen (secondary N) is 2. The van der Waals surface area contributed by atoms with Crippen LogP contribution in [0.5, 0.6) is 0 Å². The highest BCUT2D eigenvalue weighted by atomic mass is 79.9. The number of nitrogens with zero attached hydrogens (tertiary/aromatic N) is 1. The largest absolute Gasteiger partial charge is 0.366 e. The van der Waals surface area contributed by atoms with Gasteiger partial charge in [-0.1, -0.05) is 15.9 Å². The van der Waals surface area contributed by atoms with Gasteiger partial charge in [0.2, 0.25) is 5.43 Å². The summed E-state index contributed by atoms with van der Waals surface area (Å²) >= 11 is 3.06. The maximum absolute atomic E-state index is 12.1. The van der Waals surface area contributed by atoms with E-state index in [0.29, 0.717) is 4.47 Å². The Bertz CT molecular complexity index is 862. The number of nitro groups is 1. The molecule has 0 saturated carbocycles. The van der Waals surface area contributed by atoms with Crippen LogP contribution in [0.15, 0.2) is 50.8 Å². The van der Waals surface area contributed by atoms with E-state index in [-0.39, 0.29) is 5.69 Å². The summed E-state index contributed by atoms with van der Waals surface area (Å²) in [6, 6.07) is 4.88. The van der Waals surface area contributed by atoms with Crippen molar-refractivity contribution in [2.45, 2.75) is 4.90 Å². The fraction of sp³-hybridized carbons (Fsp3) is 0. The lowest BCUT2D eigenvalue weighted by molar-refractivity contribution is -0.384. The van der Waals surface area contributed by atoms with Crippen molar-refractivity contribution in [2.24, 2.45) is 0 Å². The molecule has 0 fully saturated rings. The third-order valence-electron chi connectivity index (χ3n) is 2.48. The van der Waals surface area contributed by atoms with Crippen LogP contribution in [0.3, 0.4) is 0 Å². The summed E-state index contributed by atoms with van der Waals surface area (Å²) in [4.78, 5) is 23.7. The van der Waals surface area contributed by atoms with Crippen molar-refractivity contribution in [3.8, 4) is 0 Å². The molecule has 0 aliphatic heterocycles. The molecule has 0 spiro atoms. The minimum atomic E-state index is -4.23. The third kappa shape index (κ3) is 3.28. The number of H-pyrrole nitrogens is 1. The number of aromatic nitrogens is 1. The van der Waals surface area contributed by atoms with Crippen molar-refractivity contribution in [1.29, 1.82) is 0 Å². The van der Waals surface area contributed by atoms with Crippen LogP contribution in [0.25, 0.3) is 0 Å². The van der Waals surface area contributed by atoms with E-state index >= 15 is 0 Å². The van der Waals surface area contributed by atoms with Gasteiger partial charge in [-0.3, -0.25) is 19.6 Å². The van der Waals surface area contributed by atoms with Crippen LogP contribution in [-0.4, -0.2) is 18.3 Å². The molecular weight excluding hydrogens is 366 g/mol. The number of sulfonamides is 1. The second kappa shape index (κ2) is 5.66. The lowest BCUT2D eigenvalue weighted by atomic mass is 10.3. The van der Waals surface area contributed by atoms with Crippen molar-refractivity contribution in [3.63, 3.8) is 0 Å². The second-order valence-corrected chi connectivity index (χ2v) is 6.46. The monoisotopic (exact) mass is 373 g/mol. The van der Waals surface area contributed by atoms with Gasteiger partial charge in [0.15, 0.2) is 4.90 Å². The molecule has 10 heteroatoms. The number of pyridine rings is 1. The highest BCUT2D eigenvalue weighted by molar-refractivity contribution is 9.10. The van der Waals surface area contributed by atoms with Gasteiger partial charge in [-0.05, 0) is 12.1 Å². The van der Waals surface area contributed by atoms with Crippen LogP contribution < -0.4 is 10.2 Å². The number of anilines is 1. The predicted octanol–water partition coefficient (Wildman–Crippen LogP) is 1.85. The molecule has 0 atom stereocenters. The van der Waals surface area contributed by atoms with E-state index in [0.717, 1.165) is 18.3 Å². The molecule has 0 radical (unpaired) electrons. The molecule has 2 N–H and O–H groups in total. The van der Waals surface area contributed by atoms with Gasteiger partial charge < -0.3 is 4.98 Å². The van der Waals surface area contributed by atoms with E-state index < -0.39 is 31.0 Å². The zero-order valence-corrected chi connectivity index (χ0v) is 12.6. The smallest absolute Gasteiger partial charge is 0.294 e. The zero-order valence-electron chi connectivity index (χ0n) is 10.2. The fourth-order valence-corrected chi connectivity index (χ4v) is 3.03. The Morgan fingerprint density at radius 3 is 2.62 bits per heavy atom. The van der Waals surface area contributed by atoms with E-state index in [1.54, 1.807) is 0 Å². The highest BCUT2D eigenvalue weighted by Crippen LogP contribution is 2.29. The zero-order chi connectivity index (χ0) is 15.6. The van der Waals surface area contributed by atoms with Gasteiger partial charge >= 0.3 is 0 Å². The van der Waals surface area contributed by atoms with Crippen molar-refractivity contribution in [3.05, 3.63) is 61.5 Å². The first kappa shape index (κ1) is 15.2. The van der Waals surface area contributed by atoms with Crippen LogP contribution in [0.1, 0.15) is 0 Å². The van der Waals surface area contributed by atoms with Crippen molar-refractivity contribution >= 4 is 37.3 Å². The van der Waals surface area contributed by atoms with E-state index in [1.807, 2.05) is 4.72 Å². The molecule has 0 saturated heterocycles. The molecule has 2 aromatic rings. The number of rotatable bonds is 4. The molecule has 0 unspecified atom stereocenters. The van der Waals surface area contributed by atoms with Gasteiger partial charge in [-0.15, -0.1) is 0 Å². The first-order valence-corrected chi connectivity index (χ1v) is 7.73. The Hall–Kier alpha value is -2.20. The molecule has 21 heavy (non-hydrogen) atoms. The van der Waals surface area contributed by atoms with Gasteiger partial charge in [-0.25, -0.2) is 8.42 Å². The quantitative estimate of drug-likeness (QED) is 0.625. The van der Waals surface area contributed by atoms with Crippen molar-refractivity contribution in [1.82, 2.24) is 4.98 Å². The number of hydrogen-bond acceptors (Lipinski definition) is 5. The molecule has 1 aromatic heterocycles. The molecule has 1 heterocycles. The molecule has 110 valence electrons. The Morgan fingerprint density at radius 2 is 2.00 bits per heavy atom. The van der Waals surface area contributed by atoms with Crippen LogP contribution in [0, 0.1) is 10.1 Å². The van der Waals surface area contributed by atoms with Crippen molar-refractivity contribution < 1.29 is 13.3 Å². The lowest BCUT2D eigenvalue weighted by Gasteiger charge is -2.08. The summed E-state index contributed by atoms with van der Waals surface area (Å²) < 4.78 is 26.7. The highest BCUT2D eigenvalue weighted by Gasteiger charge is 2.23. The number of aromatic amines is 1. The van der Waals surface area contributed by atoms with Crippen molar-refractivity contribution in [2.75, 3.05) is 4.72 Å². The van der Waals surface area contributed by atoms with Crippen LogP contribution in [-0.2, 0) is 10.0 Å². The maximum Gasteiger partial charge on any atom is 0.294 e. The molecule has 8 nitrogen and oxygen atoms in total. The first-order chi connectivity index (χ1) is 9.81. The molecule has 0 bridgehead atoms. The lowest BCUT2D eigenvalue weighted by Crippen LogP contribution is -2.21. The molecular formula is C11H8BrN3O5S. The Balaban J connectivity index is 2.50. The van der Waals surface area contributed by atoms with E-state index in [2.05, 4.69) is 20.9 Å². The Morgan fingerprint density at radius 1 is 1.29 bits per heavy atom. The third-order valence-corrected chi connectivity index (χ3v) is 4.36. The minimum Gasteiger partial charge on any atom is -0.366 e. The second-order valence-electron chi connectivity index (χ2n) is 3.90. The topological polar surface area (TPSA) is 122 Å². The molecule has 0 aliphatic carbocycles. The summed E-state index contributed by atoms with van der Waals surface area (Å²) in [5, 5.41) is 10.9. The molecule has 1 aromatic carbocycles. The van der Waals surface area contributed by atoms with Gasteiger partial charge in [0.1, 0.15) is 5.69 Å². The maximum atomic E-state index is 12.1. The van der Waals surface area contributed by atoms with Crippen LogP contribution in [0.2, 0.25) is 0 Å². The van der Waals surface area contributed by atoms with E-state index in [9.17, 15) is 23.3 Å². The van der Waals surface area contributed by atoms with Crippen LogP contribution >= 0.6 is 15.9 Å². The average molecular weight is 374 g/mol. The van der Waals surface area contributed by atoms with Gasteiger partial charge in [0.25, 0.3) is 15.7 Å². The predicted molar refractivity (Wildman–Crippen MR) is 78.7 cm³/mol. The average Bonchev–Trinajstić information content (AvgIpc) is 2.40. The summed E-state index contributed by atoms with van der Waals surface area (Å²) in [7, 11) is -4.23. The summed E-state index contributed by atoms with van der Waals surface area (Å²) in [5.74, 6) is 0. The summed E-state index contributed by atoms with van der Waals surface area (Å²) in [6.45, 7) is 0. The SMILES string of the molecule is O=c1cc[nH]cc1S(=O)(=O)Nc1ccc(Br)cc1[N+](=O)[O-]. The Labute approximate surface area is 127 Å². The summed E-state index contributed by atoms with van der Waals surface area (Å²) in [5.41, 5.74) is -1.38. The molecule has 0 aliphatic rings.